The van der Waals surface area contributed by atoms with Crippen molar-refractivity contribution in [3.63, 3.8) is 0 Å². The molecule has 7 rings (SSSR count). The number of carbonyl (C=O) groups excluding carboxylic acids is 1. The number of anilines is 4. The second-order valence-corrected chi connectivity index (χ2v) is 13.0. The third-order valence-corrected chi connectivity index (χ3v) is 8.06. The fourth-order valence-electron chi connectivity index (χ4n) is 5.71. The minimum atomic E-state index is -1.01. The maximum Gasteiger partial charge on any atom is 1.00 e. The van der Waals surface area contributed by atoms with Crippen molar-refractivity contribution >= 4 is 35.2 Å². The van der Waals surface area contributed by atoms with Crippen LogP contribution in [0.3, 0.4) is 0 Å². The number of hydrogen-bond acceptors (Lipinski definition) is 13. The van der Waals surface area contributed by atoms with Crippen LogP contribution in [-0.2, 0) is 9.47 Å². The zero-order valence-electron chi connectivity index (χ0n) is 33.6. The summed E-state index contributed by atoms with van der Waals surface area (Å²) in [5.74, 6) is 0.527. The fourth-order valence-corrected chi connectivity index (χ4v) is 5.71. The minimum Gasteiger partial charge on any atom is -0.870 e. The van der Waals surface area contributed by atoms with E-state index in [1.54, 1.807) is 56.2 Å². The SMILES string of the molecule is C1CCOC1.CCOC(=O)c1cn(-c2ccnc(Nc3cc(C)cc(C)c3)n2)nc1C.Cc1cc(C)cc(Nc2nccc(-n3cc(C(=O)O)c(C)n3)n2)c1.[Na+].[OH-]. The van der Waals surface area contributed by atoms with E-state index in [-0.39, 0.29) is 46.6 Å². The summed E-state index contributed by atoms with van der Waals surface area (Å²) in [6.07, 6.45) is 8.87. The zero-order valence-corrected chi connectivity index (χ0v) is 35.6. The number of aromatic nitrogens is 8. The Hall–Kier alpha value is -5.52. The summed E-state index contributed by atoms with van der Waals surface area (Å²) < 4.78 is 13.0. The van der Waals surface area contributed by atoms with E-state index in [0.29, 0.717) is 47.1 Å². The molecule has 0 radical (unpaired) electrons. The van der Waals surface area contributed by atoms with Gasteiger partial charge in [-0.1, -0.05) is 12.1 Å². The number of benzene rings is 2. The second kappa shape index (κ2) is 21.7. The molecule has 1 fully saturated rings. The van der Waals surface area contributed by atoms with Gasteiger partial charge in [0.05, 0.1) is 18.0 Å². The van der Waals surface area contributed by atoms with Crippen LogP contribution in [0.4, 0.5) is 23.3 Å². The zero-order chi connectivity index (χ0) is 39.5. The molecular weight excluding hydrogens is 739 g/mol. The van der Waals surface area contributed by atoms with Crippen molar-refractivity contribution in [3.05, 3.63) is 118 Å². The van der Waals surface area contributed by atoms with Crippen molar-refractivity contribution in [3.8, 4) is 11.6 Å². The van der Waals surface area contributed by atoms with Crippen molar-refractivity contribution in [2.75, 3.05) is 30.5 Å². The number of ether oxygens (including phenoxy) is 2. The smallest absolute Gasteiger partial charge is 0.870 e. The molecule has 4 N–H and O–H groups in total. The average molecular weight is 787 g/mol. The van der Waals surface area contributed by atoms with E-state index < -0.39 is 5.97 Å². The maximum atomic E-state index is 12.0. The second-order valence-electron chi connectivity index (χ2n) is 13.0. The van der Waals surface area contributed by atoms with Crippen molar-refractivity contribution < 1.29 is 59.2 Å². The molecule has 0 aliphatic carbocycles. The quantitative estimate of drug-likeness (QED) is 0.139. The number of nitrogens with one attached hydrogen (secondary N) is 2. The van der Waals surface area contributed by atoms with Crippen LogP contribution in [0.25, 0.3) is 11.6 Å². The normalized spacial score (nSPS) is 11.4. The molecule has 1 aliphatic rings. The number of carboxylic acid groups (broad SMARTS) is 1. The van der Waals surface area contributed by atoms with E-state index in [1.807, 2.05) is 52.0 Å². The number of carbonyl (C=O) groups is 2. The average Bonchev–Trinajstić information content (AvgIpc) is 3.91. The van der Waals surface area contributed by atoms with Gasteiger partial charge in [-0.15, -0.1) is 0 Å². The molecule has 4 aromatic heterocycles. The summed E-state index contributed by atoms with van der Waals surface area (Å²) in [6.45, 7) is 15.6. The van der Waals surface area contributed by atoms with Gasteiger partial charge >= 0.3 is 41.5 Å². The maximum absolute atomic E-state index is 12.0. The van der Waals surface area contributed by atoms with E-state index in [0.717, 1.165) is 46.8 Å². The third-order valence-electron chi connectivity index (χ3n) is 8.06. The van der Waals surface area contributed by atoms with Crippen LogP contribution >= 0.6 is 0 Å². The van der Waals surface area contributed by atoms with Gasteiger partial charge in [0.1, 0.15) is 11.1 Å². The van der Waals surface area contributed by atoms with E-state index in [4.69, 9.17) is 14.6 Å². The van der Waals surface area contributed by atoms with Crippen molar-refractivity contribution in [2.45, 2.75) is 61.3 Å². The molecular formula is C40H47N10NaO6. The van der Waals surface area contributed by atoms with Crippen LogP contribution in [0.5, 0.6) is 0 Å². The minimum absolute atomic E-state index is 0. The Kier molecular flexibility index (Phi) is 17.5. The Labute approximate surface area is 353 Å². The standard InChI is InChI=1S/C19H21N5O2.C17H17N5O2.C4H8O.Na.H2O/c1-5-26-18(25)16-11-24(23-14(16)4)17-6-7-20-19(22-17)21-15-9-12(2)8-13(3)10-15;1-10-6-11(2)8-13(7-10)19-17-18-5-4-15(20-17)22-9-14(16(23)24)12(3)21-22;1-2-4-5-3-1;;/h6-11H,5H2,1-4H3,(H,20,21,22);4-9H,1-3H3,(H,23,24)(H,18,19,20);1-4H2;;1H2/q;;;+1;/p-1. The number of carboxylic acids is 1. The Balaban J connectivity index is 0.000000264. The van der Waals surface area contributed by atoms with Crippen LogP contribution < -0.4 is 40.2 Å². The molecule has 5 heterocycles. The molecule has 2 aromatic carbocycles. The van der Waals surface area contributed by atoms with E-state index in [9.17, 15) is 9.59 Å². The third kappa shape index (κ3) is 13.3. The van der Waals surface area contributed by atoms with Crippen LogP contribution in [0.1, 0.15) is 74.1 Å². The van der Waals surface area contributed by atoms with Gasteiger partial charge in [-0.25, -0.2) is 28.9 Å². The summed E-state index contributed by atoms with van der Waals surface area (Å²) >= 11 is 0. The number of esters is 1. The summed E-state index contributed by atoms with van der Waals surface area (Å²) in [5, 5.41) is 24.0. The summed E-state index contributed by atoms with van der Waals surface area (Å²) in [7, 11) is 0. The summed E-state index contributed by atoms with van der Waals surface area (Å²) in [5.41, 5.74) is 8.01. The van der Waals surface area contributed by atoms with Gasteiger partial charge in [0.15, 0.2) is 11.6 Å². The van der Waals surface area contributed by atoms with E-state index in [1.165, 1.54) is 23.7 Å². The number of aromatic carboxylic acids is 1. The molecule has 16 nitrogen and oxygen atoms in total. The Bertz CT molecular complexity index is 2220. The fraction of sp³-hybridized carbons (Fsp3) is 0.300. The topological polar surface area (TPSA) is 214 Å². The Morgan fingerprint density at radius 3 is 1.51 bits per heavy atom. The number of nitrogens with zero attached hydrogens (tertiary/aromatic N) is 8. The molecule has 1 saturated heterocycles. The van der Waals surface area contributed by atoms with Gasteiger partial charge in [-0.3, -0.25) is 0 Å². The molecule has 0 spiro atoms. The molecule has 0 unspecified atom stereocenters. The van der Waals surface area contributed by atoms with Gasteiger partial charge in [0.25, 0.3) is 0 Å². The molecule has 0 bridgehead atoms. The van der Waals surface area contributed by atoms with Crippen molar-refractivity contribution in [1.82, 2.24) is 39.5 Å². The predicted octanol–water partition coefficient (Wildman–Crippen LogP) is 4.16. The van der Waals surface area contributed by atoms with Crippen LogP contribution in [0, 0.1) is 41.5 Å². The van der Waals surface area contributed by atoms with Gasteiger partial charge in [-0.2, -0.15) is 20.2 Å². The molecule has 17 heteroatoms. The first kappa shape index (κ1) is 45.9. The van der Waals surface area contributed by atoms with E-state index >= 15 is 0 Å². The predicted molar refractivity (Wildman–Crippen MR) is 211 cm³/mol. The number of rotatable bonds is 9. The van der Waals surface area contributed by atoms with E-state index in [2.05, 4.69) is 52.9 Å². The monoisotopic (exact) mass is 786 g/mol. The van der Waals surface area contributed by atoms with Crippen LogP contribution in [0.2, 0.25) is 0 Å². The van der Waals surface area contributed by atoms with Crippen molar-refractivity contribution in [2.24, 2.45) is 0 Å². The first-order valence-electron chi connectivity index (χ1n) is 17.9. The molecule has 1 aliphatic heterocycles. The van der Waals surface area contributed by atoms with Crippen molar-refractivity contribution in [1.29, 1.82) is 0 Å². The van der Waals surface area contributed by atoms with Crippen LogP contribution in [0.15, 0.2) is 73.3 Å². The van der Waals surface area contributed by atoms with Gasteiger partial charge in [0, 0.05) is 61.5 Å². The molecule has 6 aromatic rings. The van der Waals surface area contributed by atoms with Gasteiger partial charge in [-0.05, 0) is 108 Å². The molecule has 0 amide bonds. The summed E-state index contributed by atoms with van der Waals surface area (Å²) in [6, 6.07) is 15.7. The van der Waals surface area contributed by atoms with Gasteiger partial charge in [0.2, 0.25) is 11.9 Å². The summed E-state index contributed by atoms with van der Waals surface area (Å²) in [4.78, 5) is 40.4. The number of aryl methyl sites for hydroxylation is 6. The largest absolute Gasteiger partial charge is 1.00 e. The van der Waals surface area contributed by atoms with Gasteiger partial charge < -0.3 is 30.7 Å². The first-order chi connectivity index (χ1) is 26.4. The first-order valence-corrected chi connectivity index (χ1v) is 17.9. The molecule has 294 valence electrons. The molecule has 0 saturated carbocycles. The molecule has 0 atom stereocenters. The Morgan fingerprint density at radius 1 is 0.719 bits per heavy atom. The Morgan fingerprint density at radius 2 is 1.14 bits per heavy atom. The van der Waals surface area contributed by atoms with Crippen LogP contribution in [-0.4, -0.2) is 81.8 Å². The number of hydrogen-bond donors (Lipinski definition) is 3. The molecule has 57 heavy (non-hydrogen) atoms.